The van der Waals surface area contributed by atoms with Crippen molar-refractivity contribution >= 4 is 0 Å². The van der Waals surface area contributed by atoms with Gasteiger partial charge in [0.05, 0.1) is 6.04 Å². The van der Waals surface area contributed by atoms with Gasteiger partial charge in [-0.05, 0) is 49.2 Å². The standard InChI is InChI=1S/C18H22FNO/c1-4-20-17(15-10-9-13(2)14(3)11-15)12-21-18-8-6-5-7-16(18)19/h5-11,17,20H,4,12H2,1-3H3. The molecule has 112 valence electrons. The molecule has 2 nitrogen and oxygen atoms in total. The van der Waals surface area contributed by atoms with Crippen molar-refractivity contribution in [3.05, 3.63) is 65.0 Å². The van der Waals surface area contributed by atoms with Gasteiger partial charge in [-0.2, -0.15) is 0 Å². The zero-order valence-electron chi connectivity index (χ0n) is 12.8. The minimum atomic E-state index is -0.326. The van der Waals surface area contributed by atoms with Gasteiger partial charge in [0, 0.05) is 0 Å². The van der Waals surface area contributed by atoms with Gasteiger partial charge in [0.15, 0.2) is 11.6 Å². The molecule has 2 aromatic carbocycles. The van der Waals surface area contributed by atoms with Crippen molar-refractivity contribution in [1.29, 1.82) is 0 Å². The van der Waals surface area contributed by atoms with Gasteiger partial charge in [-0.25, -0.2) is 4.39 Å². The Morgan fingerprint density at radius 3 is 2.52 bits per heavy atom. The molecule has 0 aliphatic carbocycles. The summed E-state index contributed by atoms with van der Waals surface area (Å²) < 4.78 is 19.2. The molecule has 0 spiro atoms. The highest BCUT2D eigenvalue weighted by atomic mass is 19.1. The number of hydrogen-bond donors (Lipinski definition) is 1. The summed E-state index contributed by atoms with van der Waals surface area (Å²) in [6.07, 6.45) is 0. The third kappa shape index (κ3) is 4.05. The molecular weight excluding hydrogens is 265 g/mol. The summed E-state index contributed by atoms with van der Waals surface area (Å²) in [6, 6.07) is 12.9. The van der Waals surface area contributed by atoms with Crippen LogP contribution in [0.3, 0.4) is 0 Å². The Kier molecular flexibility index (Phi) is 5.34. The van der Waals surface area contributed by atoms with Crippen LogP contribution in [-0.4, -0.2) is 13.2 Å². The Bertz CT molecular complexity index is 598. The molecule has 2 rings (SSSR count). The van der Waals surface area contributed by atoms with E-state index in [0.29, 0.717) is 12.4 Å². The SMILES string of the molecule is CCNC(COc1ccccc1F)c1ccc(C)c(C)c1. The number of likely N-dealkylation sites (N-methyl/N-ethyl adjacent to an activating group) is 1. The topological polar surface area (TPSA) is 21.3 Å². The quantitative estimate of drug-likeness (QED) is 0.861. The zero-order chi connectivity index (χ0) is 15.2. The lowest BCUT2D eigenvalue weighted by atomic mass is 10.0. The lowest BCUT2D eigenvalue weighted by Gasteiger charge is -2.20. The summed E-state index contributed by atoms with van der Waals surface area (Å²) >= 11 is 0. The number of para-hydroxylation sites is 1. The highest BCUT2D eigenvalue weighted by molar-refractivity contribution is 5.32. The van der Waals surface area contributed by atoms with E-state index in [1.807, 2.05) is 0 Å². The van der Waals surface area contributed by atoms with Crippen LogP contribution in [0.15, 0.2) is 42.5 Å². The summed E-state index contributed by atoms with van der Waals surface area (Å²) in [5.41, 5.74) is 3.68. The average Bonchev–Trinajstić information content (AvgIpc) is 2.48. The fourth-order valence-corrected chi connectivity index (χ4v) is 2.24. The zero-order valence-corrected chi connectivity index (χ0v) is 12.8. The monoisotopic (exact) mass is 287 g/mol. The van der Waals surface area contributed by atoms with Crippen molar-refractivity contribution in [3.8, 4) is 5.75 Å². The van der Waals surface area contributed by atoms with Crippen molar-refractivity contribution in [2.75, 3.05) is 13.2 Å². The van der Waals surface area contributed by atoms with Gasteiger partial charge in [0.2, 0.25) is 0 Å². The Balaban J connectivity index is 2.12. The van der Waals surface area contributed by atoms with Crippen molar-refractivity contribution in [2.45, 2.75) is 26.8 Å². The van der Waals surface area contributed by atoms with Gasteiger partial charge < -0.3 is 10.1 Å². The molecule has 0 amide bonds. The predicted octanol–water partition coefficient (Wildman–Crippen LogP) is 4.17. The largest absolute Gasteiger partial charge is 0.489 e. The van der Waals surface area contributed by atoms with E-state index >= 15 is 0 Å². The minimum Gasteiger partial charge on any atom is -0.489 e. The number of benzene rings is 2. The first-order valence-electron chi connectivity index (χ1n) is 7.29. The van der Waals surface area contributed by atoms with E-state index in [4.69, 9.17) is 4.74 Å². The summed E-state index contributed by atoms with van der Waals surface area (Å²) in [5.74, 6) is -0.0305. The number of ether oxygens (including phenoxy) is 1. The van der Waals surface area contributed by atoms with E-state index < -0.39 is 0 Å². The average molecular weight is 287 g/mol. The van der Waals surface area contributed by atoms with Crippen LogP contribution in [0.5, 0.6) is 5.75 Å². The first kappa shape index (κ1) is 15.5. The maximum absolute atomic E-state index is 13.6. The van der Waals surface area contributed by atoms with Gasteiger partial charge in [0.1, 0.15) is 6.61 Å². The highest BCUT2D eigenvalue weighted by Gasteiger charge is 2.13. The number of rotatable bonds is 6. The molecule has 0 radical (unpaired) electrons. The smallest absolute Gasteiger partial charge is 0.165 e. The summed E-state index contributed by atoms with van der Waals surface area (Å²) in [7, 11) is 0. The molecule has 0 aromatic heterocycles. The Morgan fingerprint density at radius 1 is 1.10 bits per heavy atom. The van der Waals surface area contributed by atoms with Crippen molar-refractivity contribution < 1.29 is 9.13 Å². The molecule has 1 unspecified atom stereocenters. The fourth-order valence-electron chi connectivity index (χ4n) is 2.24. The third-order valence-electron chi connectivity index (χ3n) is 3.63. The third-order valence-corrected chi connectivity index (χ3v) is 3.63. The number of nitrogens with one attached hydrogen (secondary N) is 1. The normalized spacial score (nSPS) is 12.2. The van der Waals surface area contributed by atoms with E-state index in [0.717, 1.165) is 12.1 Å². The van der Waals surface area contributed by atoms with Gasteiger partial charge in [-0.3, -0.25) is 0 Å². The van der Waals surface area contributed by atoms with Crippen molar-refractivity contribution in [1.82, 2.24) is 5.32 Å². The van der Waals surface area contributed by atoms with Gasteiger partial charge in [-0.1, -0.05) is 37.3 Å². The van der Waals surface area contributed by atoms with Crippen LogP contribution in [0.1, 0.15) is 29.7 Å². The van der Waals surface area contributed by atoms with E-state index in [-0.39, 0.29) is 11.9 Å². The lowest BCUT2D eigenvalue weighted by molar-refractivity contribution is 0.257. The van der Waals surface area contributed by atoms with Crippen LogP contribution in [0.2, 0.25) is 0 Å². The van der Waals surface area contributed by atoms with Crippen molar-refractivity contribution in [2.24, 2.45) is 0 Å². The van der Waals surface area contributed by atoms with Gasteiger partial charge >= 0.3 is 0 Å². The fraction of sp³-hybridized carbons (Fsp3) is 0.333. The van der Waals surface area contributed by atoms with Crippen molar-refractivity contribution in [3.63, 3.8) is 0 Å². The highest BCUT2D eigenvalue weighted by Crippen LogP contribution is 2.21. The van der Waals surface area contributed by atoms with Crippen LogP contribution in [-0.2, 0) is 0 Å². The second-order valence-electron chi connectivity index (χ2n) is 5.20. The molecule has 0 bridgehead atoms. The lowest BCUT2D eigenvalue weighted by Crippen LogP contribution is -2.26. The second kappa shape index (κ2) is 7.23. The second-order valence-corrected chi connectivity index (χ2v) is 5.20. The number of aryl methyl sites for hydroxylation is 2. The van der Waals surface area contributed by atoms with Crippen LogP contribution >= 0.6 is 0 Å². The molecular formula is C18H22FNO. The summed E-state index contributed by atoms with van der Waals surface area (Å²) in [5, 5.41) is 3.39. The molecule has 0 fully saturated rings. The van der Waals surface area contributed by atoms with E-state index in [9.17, 15) is 4.39 Å². The Morgan fingerprint density at radius 2 is 1.86 bits per heavy atom. The minimum absolute atomic E-state index is 0.0499. The Hall–Kier alpha value is -1.87. The molecule has 0 saturated heterocycles. The summed E-state index contributed by atoms with van der Waals surface area (Å²) in [6.45, 7) is 7.48. The molecule has 21 heavy (non-hydrogen) atoms. The molecule has 3 heteroatoms. The maximum atomic E-state index is 13.6. The molecule has 0 aliphatic heterocycles. The van der Waals surface area contributed by atoms with Gasteiger partial charge in [-0.15, -0.1) is 0 Å². The first-order valence-corrected chi connectivity index (χ1v) is 7.29. The number of halogens is 1. The molecule has 2 aromatic rings. The van der Waals surface area contributed by atoms with E-state index in [2.05, 4.69) is 44.3 Å². The molecule has 1 N–H and O–H groups in total. The molecule has 0 saturated carbocycles. The van der Waals surface area contributed by atoms with E-state index in [1.165, 1.54) is 17.2 Å². The molecule has 0 heterocycles. The van der Waals surface area contributed by atoms with Crippen LogP contribution < -0.4 is 10.1 Å². The number of hydrogen-bond acceptors (Lipinski definition) is 2. The van der Waals surface area contributed by atoms with Crippen LogP contribution in [0.25, 0.3) is 0 Å². The van der Waals surface area contributed by atoms with E-state index in [1.54, 1.807) is 18.2 Å². The van der Waals surface area contributed by atoms with Crippen LogP contribution in [0.4, 0.5) is 4.39 Å². The molecule has 0 aliphatic rings. The first-order chi connectivity index (χ1) is 10.1. The maximum Gasteiger partial charge on any atom is 0.165 e. The summed E-state index contributed by atoms with van der Waals surface area (Å²) in [4.78, 5) is 0. The van der Waals surface area contributed by atoms with Crippen LogP contribution in [0, 0.1) is 19.7 Å². The molecule has 1 atom stereocenters. The van der Waals surface area contributed by atoms with Gasteiger partial charge in [0.25, 0.3) is 0 Å². The Labute approximate surface area is 126 Å². The predicted molar refractivity (Wildman–Crippen MR) is 84.2 cm³/mol.